The van der Waals surface area contributed by atoms with Gasteiger partial charge in [0.05, 0.1) is 6.54 Å². The molecule has 0 radical (unpaired) electrons. The third kappa shape index (κ3) is 5.88. The van der Waals surface area contributed by atoms with Gasteiger partial charge in [0.1, 0.15) is 0 Å². The van der Waals surface area contributed by atoms with Crippen LogP contribution < -0.4 is 0 Å². The van der Waals surface area contributed by atoms with Crippen LogP contribution in [0.1, 0.15) is 47.5 Å². The zero-order chi connectivity index (χ0) is 16.5. The van der Waals surface area contributed by atoms with E-state index in [1.165, 1.54) is 12.8 Å². The second-order valence-corrected chi connectivity index (χ2v) is 6.67. The normalized spacial score (nSPS) is 21.6. The first-order valence-corrected chi connectivity index (χ1v) is 9.32. The third-order valence-corrected chi connectivity index (χ3v) is 5.11. The molecule has 0 aliphatic carbocycles. The van der Waals surface area contributed by atoms with Crippen LogP contribution in [0, 0.1) is 11.8 Å². The molecule has 0 bridgehead atoms. The first-order valence-electron chi connectivity index (χ1n) is 9.32. The molecule has 1 amide bonds. The Hall–Kier alpha value is -0.610. The maximum atomic E-state index is 12.3. The summed E-state index contributed by atoms with van der Waals surface area (Å²) in [6, 6.07) is 0. The number of rotatable bonds is 4. The summed E-state index contributed by atoms with van der Waals surface area (Å²) in [6.07, 6.45) is 2.52. The van der Waals surface area contributed by atoms with E-state index in [0.717, 1.165) is 57.6 Å². The minimum atomic E-state index is 0.337. The Labute approximate surface area is 137 Å². The number of hydrogen-bond acceptors (Lipinski definition) is 3. The van der Waals surface area contributed by atoms with Crippen LogP contribution in [0.5, 0.6) is 0 Å². The lowest BCUT2D eigenvalue weighted by molar-refractivity contribution is -0.134. The van der Waals surface area contributed by atoms with Crippen molar-refractivity contribution in [2.24, 2.45) is 11.8 Å². The van der Waals surface area contributed by atoms with E-state index >= 15 is 0 Å². The number of piperazine rings is 1. The van der Waals surface area contributed by atoms with Crippen molar-refractivity contribution < 1.29 is 4.79 Å². The summed E-state index contributed by atoms with van der Waals surface area (Å²) < 4.78 is 0. The van der Waals surface area contributed by atoms with Gasteiger partial charge in [-0.05, 0) is 44.3 Å². The van der Waals surface area contributed by atoms with Crippen molar-refractivity contribution in [2.75, 3.05) is 52.4 Å². The fourth-order valence-electron chi connectivity index (χ4n) is 3.38. The molecule has 2 saturated heterocycles. The van der Waals surface area contributed by atoms with Gasteiger partial charge in [0, 0.05) is 26.2 Å². The predicted octanol–water partition coefficient (Wildman–Crippen LogP) is 2.54. The molecule has 0 aromatic rings. The van der Waals surface area contributed by atoms with Gasteiger partial charge in [-0.1, -0.05) is 34.6 Å². The Bertz CT molecular complexity index is 303. The lowest BCUT2D eigenvalue weighted by atomic mass is 9.87. The summed E-state index contributed by atoms with van der Waals surface area (Å²) >= 11 is 0. The van der Waals surface area contributed by atoms with E-state index in [9.17, 15) is 4.79 Å². The number of piperidine rings is 1. The van der Waals surface area contributed by atoms with E-state index in [4.69, 9.17) is 0 Å². The van der Waals surface area contributed by atoms with Crippen molar-refractivity contribution in [3.8, 4) is 0 Å². The van der Waals surface area contributed by atoms with Crippen LogP contribution in [-0.4, -0.2) is 73.0 Å². The monoisotopic (exact) mass is 311 g/mol. The first kappa shape index (κ1) is 19.4. The average Bonchev–Trinajstić information content (AvgIpc) is 2.57. The van der Waals surface area contributed by atoms with Crippen LogP contribution in [0.3, 0.4) is 0 Å². The summed E-state index contributed by atoms with van der Waals surface area (Å²) in [5.41, 5.74) is 0. The maximum Gasteiger partial charge on any atom is 0.236 e. The number of likely N-dealkylation sites (tertiary alicyclic amines) is 1. The third-order valence-electron chi connectivity index (χ3n) is 5.11. The van der Waals surface area contributed by atoms with Crippen LogP contribution >= 0.6 is 0 Å². The minimum absolute atomic E-state index is 0.337. The Morgan fingerprint density at radius 1 is 0.955 bits per heavy atom. The molecule has 4 nitrogen and oxygen atoms in total. The molecular formula is C18H37N3O. The van der Waals surface area contributed by atoms with Gasteiger partial charge in [0.2, 0.25) is 5.91 Å². The molecule has 2 aliphatic heterocycles. The van der Waals surface area contributed by atoms with Crippen molar-refractivity contribution in [1.29, 1.82) is 0 Å². The number of hydrogen-bond donors (Lipinski definition) is 0. The molecule has 22 heavy (non-hydrogen) atoms. The van der Waals surface area contributed by atoms with E-state index < -0.39 is 0 Å². The van der Waals surface area contributed by atoms with Gasteiger partial charge in [-0.3, -0.25) is 9.69 Å². The molecule has 0 aromatic heterocycles. The highest BCUT2D eigenvalue weighted by Gasteiger charge is 2.25. The summed E-state index contributed by atoms with van der Waals surface area (Å²) in [7, 11) is 0. The first-order chi connectivity index (χ1) is 10.6. The summed E-state index contributed by atoms with van der Waals surface area (Å²) in [5, 5.41) is 0. The quantitative estimate of drug-likeness (QED) is 0.798. The number of amides is 1. The van der Waals surface area contributed by atoms with Crippen LogP contribution in [0.4, 0.5) is 0 Å². The van der Waals surface area contributed by atoms with Crippen molar-refractivity contribution >= 4 is 5.91 Å². The Morgan fingerprint density at radius 3 is 1.95 bits per heavy atom. The fourth-order valence-corrected chi connectivity index (χ4v) is 3.38. The molecule has 4 heteroatoms. The smallest absolute Gasteiger partial charge is 0.236 e. The largest absolute Gasteiger partial charge is 0.339 e. The lowest BCUT2D eigenvalue weighted by Crippen LogP contribution is -2.51. The molecule has 0 spiro atoms. The Morgan fingerprint density at radius 2 is 1.50 bits per heavy atom. The molecular weight excluding hydrogens is 274 g/mol. The molecule has 2 heterocycles. The van der Waals surface area contributed by atoms with Gasteiger partial charge in [-0.2, -0.15) is 0 Å². The van der Waals surface area contributed by atoms with Crippen molar-refractivity contribution in [3.63, 3.8) is 0 Å². The second kappa shape index (κ2) is 10.2. The predicted molar refractivity (Wildman–Crippen MR) is 94.0 cm³/mol. The highest BCUT2D eigenvalue weighted by Crippen LogP contribution is 2.24. The molecule has 0 atom stereocenters. The molecule has 0 saturated carbocycles. The van der Waals surface area contributed by atoms with Gasteiger partial charge in [-0.25, -0.2) is 0 Å². The maximum absolute atomic E-state index is 12.3. The van der Waals surface area contributed by atoms with Gasteiger partial charge in [0.25, 0.3) is 0 Å². The SMILES string of the molecule is CC.CCN1CCN(C(=O)CN2CCC(C(C)C)CC2)CC1. The molecule has 2 aliphatic rings. The van der Waals surface area contributed by atoms with E-state index in [1.54, 1.807) is 0 Å². The standard InChI is InChI=1S/C16H31N3O.C2H6/c1-4-17-9-11-19(12-10-17)16(20)13-18-7-5-15(6-8-18)14(2)3;1-2/h14-15H,4-13H2,1-3H3;1-2H3. The van der Waals surface area contributed by atoms with Crippen LogP contribution in [-0.2, 0) is 4.79 Å². The van der Waals surface area contributed by atoms with Crippen molar-refractivity contribution in [1.82, 2.24) is 14.7 Å². The Balaban J connectivity index is 0.00000116. The molecule has 0 N–H and O–H groups in total. The van der Waals surface area contributed by atoms with Gasteiger partial charge < -0.3 is 9.80 Å². The lowest BCUT2D eigenvalue weighted by Gasteiger charge is -2.37. The highest BCUT2D eigenvalue weighted by atomic mass is 16.2. The topological polar surface area (TPSA) is 26.8 Å². The molecule has 0 aromatic carbocycles. The van der Waals surface area contributed by atoms with Crippen LogP contribution in [0.2, 0.25) is 0 Å². The van der Waals surface area contributed by atoms with E-state index in [1.807, 2.05) is 13.8 Å². The molecule has 0 unspecified atom stereocenters. The fraction of sp³-hybridized carbons (Fsp3) is 0.944. The van der Waals surface area contributed by atoms with Gasteiger partial charge >= 0.3 is 0 Å². The van der Waals surface area contributed by atoms with Crippen LogP contribution in [0.25, 0.3) is 0 Å². The highest BCUT2D eigenvalue weighted by molar-refractivity contribution is 5.78. The zero-order valence-electron chi connectivity index (χ0n) is 15.5. The second-order valence-electron chi connectivity index (χ2n) is 6.67. The van der Waals surface area contributed by atoms with E-state index in [2.05, 4.69) is 35.5 Å². The summed E-state index contributed by atoms with van der Waals surface area (Å²) in [5.74, 6) is 1.98. The average molecular weight is 312 g/mol. The number of likely N-dealkylation sites (N-methyl/N-ethyl adjacent to an activating group) is 1. The van der Waals surface area contributed by atoms with Crippen molar-refractivity contribution in [2.45, 2.75) is 47.5 Å². The Kier molecular flexibility index (Phi) is 9.03. The number of carbonyl (C=O) groups is 1. The molecule has 2 rings (SSSR count). The van der Waals surface area contributed by atoms with Gasteiger partial charge in [-0.15, -0.1) is 0 Å². The summed E-state index contributed by atoms with van der Waals surface area (Å²) in [4.78, 5) is 19.2. The van der Waals surface area contributed by atoms with E-state index in [-0.39, 0.29) is 0 Å². The van der Waals surface area contributed by atoms with Gasteiger partial charge in [0.15, 0.2) is 0 Å². The van der Waals surface area contributed by atoms with Crippen LogP contribution in [0.15, 0.2) is 0 Å². The van der Waals surface area contributed by atoms with Crippen molar-refractivity contribution in [3.05, 3.63) is 0 Å². The zero-order valence-corrected chi connectivity index (χ0v) is 15.5. The molecule has 2 fully saturated rings. The number of nitrogens with zero attached hydrogens (tertiary/aromatic N) is 3. The molecule has 130 valence electrons. The number of carbonyl (C=O) groups excluding carboxylic acids is 1. The van der Waals surface area contributed by atoms with E-state index in [0.29, 0.717) is 12.5 Å². The minimum Gasteiger partial charge on any atom is -0.339 e. The summed E-state index contributed by atoms with van der Waals surface area (Å²) in [6.45, 7) is 18.7.